The smallest absolute Gasteiger partial charge is 0.254 e. The summed E-state index contributed by atoms with van der Waals surface area (Å²) in [6.07, 6.45) is 0.694. The molecule has 4 nitrogen and oxygen atoms in total. The molecule has 0 amide bonds. The van der Waals surface area contributed by atoms with Crippen LogP contribution in [0.15, 0.2) is 29.1 Å². The summed E-state index contributed by atoms with van der Waals surface area (Å²) in [6.45, 7) is 6.27. The summed E-state index contributed by atoms with van der Waals surface area (Å²) in [4.78, 5) is 19.2. The molecular weight excluding hydrogens is 240 g/mol. The Morgan fingerprint density at radius 1 is 1.26 bits per heavy atom. The Bertz CT molecular complexity index is 632. The lowest BCUT2D eigenvalue weighted by molar-refractivity contribution is 0.341. The van der Waals surface area contributed by atoms with Gasteiger partial charge in [-0.25, -0.2) is 4.98 Å². The van der Waals surface area contributed by atoms with Crippen LogP contribution in [0.5, 0.6) is 5.75 Å². The van der Waals surface area contributed by atoms with E-state index in [-0.39, 0.29) is 5.56 Å². The second-order valence-corrected chi connectivity index (χ2v) is 4.27. The molecule has 1 aromatic heterocycles. The second kappa shape index (κ2) is 5.69. The molecule has 0 bridgehead atoms. The van der Waals surface area contributed by atoms with Gasteiger partial charge < -0.3 is 9.72 Å². The number of aromatic nitrogens is 2. The normalized spacial score (nSPS) is 10.5. The van der Waals surface area contributed by atoms with Gasteiger partial charge in [0.15, 0.2) is 0 Å². The number of hydrogen-bond donors (Lipinski definition) is 1. The Balaban J connectivity index is 2.64. The molecule has 0 spiro atoms. The number of benzene rings is 1. The fourth-order valence-corrected chi connectivity index (χ4v) is 1.95. The predicted octanol–water partition coefficient (Wildman–Crippen LogP) is 2.71. The molecule has 100 valence electrons. The fraction of sp³-hybridized carbons (Fsp3) is 0.333. The largest absolute Gasteiger partial charge is 0.493 e. The zero-order valence-corrected chi connectivity index (χ0v) is 11.5. The second-order valence-electron chi connectivity index (χ2n) is 4.27. The number of ether oxygens (including phenoxy) is 1. The van der Waals surface area contributed by atoms with Gasteiger partial charge in [-0.15, -0.1) is 0 Å². The number of rotatable bonds is 4. The van der Waals surface area contributed by atoms with Crippen molar-refractivity contribution in [2.75, 3.05) is 6.61 Å². The first-order chi connectivity index (χ1) is 9.17. The quantitative estimate of drug-likeness (QED) is 0.917. The van der Waals surface area contributed by atoms with Crippen LogP contribution in [0.1, 0.15) is 25.2 Å². The maximum absolute atomic E-state index is 11.9. The zero-order valence-electron chi connectivity index (χ0n) is 11.5. The molecule has 0 saturated carbocycles. The summed E-state index contributed by atoms with van der Waals surface area (Å²) in [7, 11) is 0. The van der Waals surface area contributed by atoms with Crippen LogP contribution in [0.2, 0.25) is 0 Å². The molecule has 19 heavy (non-hydrogen) atoms. The highest BCUT2D eigenvalue weighted by Gasteiger charge is 2.13. The highest BCUT2D eigenvalue weighted by molar-refractivity contribution is 5.69. The molecule has 0 fully saturated rings. The number of hydrogen-bond acceptors (Lipinski definition) is 3. The lowest BCUT2D eigenvalue weighted by Gasteiger charge is -2.11. The van der Waals surface area contributed by atoms with Crippen molar-refractivity contribution < 1.29 is 4.74 Å². The molecule has 0 radical (unpaired) electrons. The Hall–Kier alpha value is -2.10. The van der Waals surface area contributed by atoms with Crippen LogP contribution in [-0.4, -0.2) is 16.6 Å². The SMILES string of the molecule is CCOc1ccccc1-c1nc(CC)[nH]c(=O)c1C. The molecule has 4 heteroatoms. The summed E-state index contributed by atoms with van der Waals surface area (Å²) in [6, 6.07) is 7.66. The van der Waals surface area contributed by atoms with Crippen molar-refractivity contribution in [3.8, 4) is 17.0 Å². The fourth-order valence-electron chi connectivity index (χ4n) is 1.95. The van der Waals surface area contributed by atoms with Crippen molar-refractivity contribution in [1.29, 1.82) is 0 Å². The standard InChI is InChI=1S/C15H18N2O2/c1-4-13-16-14(10(3)15(18)17-13)11-8-6-7-9-12(11)19-5-2/h6-9H,4-5H2,1-3H3,(H,16,17,18). The molecule has 0 saturated heterocycles. The van der Waals surface area contributed by atoms with Crippen LogP contribution in [-0.2, 0) is 6.42 Å². The number of nitrogens with one attached hydrogen (secondary N) is 1. The number of H-pyrrole nitrogens is 1. The van der Waals surface area contributed by atoms with E-state index >= 15 is 0 Å². The Kier molecular flexibility index (Phi) is 4.00. The first-order valence-electron chi connectivity index (χ1n) is 6.49. The van der Waals surface area contributed by atoms with Gasteiger partial charge in [-0.3, -0.25) is 4.79 Å². The first-order valence-corrected chi connectivity index (χ1v) is 6.49. The van der Waals surface area contributed by atoms with Crippen LogP contribution in [0, 0.1) is 6.92 Å². The average molecular weight is 258 g/mol. The first kappa shape index (κ1) is 13.3. The van der Waals surface area contributed by atoms with Gasteiger partial charge in [-0.2, -0.15) is 0 Å². The van der Waals surface area contributed by atoms with Gasteiger partial charge in [-0.1, -0.05) is 19.1 Å². The molecule has 0 unspecified atom stereocenters. The lowest BCUT2D eigenvalue weighted by Crippen LogP contribution is -2.16. The van der Waals surface area contributed by atoms with E-state index < -0.39 is 0 Å². The van der Waals surface area contributed by atoms with E-state index in [9.17, 15) is 4.79 Å². The van der Waals surface area contributed by atoms with E-state index in [1.54, 1.807) is 6.92 Å². The molecule has 0 aliphatic carbocycles. The van der Waals surface area contributed by atoms with Crippen molar-refractivity contribution in [2.24, 2.45) is 0 Å². The zero-order chi connectivity index (χ0) is 13.8. The van der Waals surface area contributed by atoms with Gasteiger partial charge >= 0.3 is 0 Å². The molecule has 0 aliphatic rings. The average Bonchev–Trinajstić information content (AvgIpc) is 2.43. The van der Waals surface area contributed by atoms with Crippen LogP contribution in [0.25, 0.3) is 11.3 Å². The molecule has 1 aromatic carbocycles. The summed E-state index contributed by atoms with van der Waals surface area (Å²) in [5.74, 6) is 1.45. The highest BCUT2D eigenvalue weighted by atomic mass is 16.5. The molecule has 2 rings (SSSR count). The predicted molar refractivity (Wildman–Crippen MR) is 75.6 cm³/mol. The summed E-state index contributed by atoms with van der Waals surface area (Å²) < 4.78 is 5.61. The number of para-hydroxylation sites is 1. The van der Waals surface area contributed by atoms with Gasteiger partial charge in [0, 0.05) is 17.5 Å². The topological polar surface area (TPSA) is 55.0 Å². The number of aryl methyl sites for hydroxylation is 1. The summed E-state index contributed by atoms with van der Waals surface area (Å²) in [5, 5.41) is 0. The van der Waals surface area contributed by atoms with Crippen LogP contribution < -0.4 is 10.3 Å². The van der Waals surface area contributed by atoms with Gasteiger partial charge in [0.1, 0.15) is 11.6 Å². The lowest BCUT2D eigenvalue weighted by atomic mass is 10.1. The Morgan fingerprint density at radius 3 is 2.68 bits per heavy atom. The summed E-state index contributed by atoms with van der Waals surface area (Å²) in [5.41, 5.74) is 2.09. The van der Waals surface area contributed by atoms with Gasteiger partial charge in [0.05, 0.1) is 12.3 Å². The molecule has 0 atom stereocenters. The van der Waals surface area contributed by atoms with E-state index in [0.29, 0.717) is 30.1 Å². The minimum atomic E-state index is -0.0897. The van der Waals surface area contributed by atoms with Gasteiger partial charge in [0.2, 0.25) is 0 Å². The third-order valence-electron chi connectivity index (χ3n) is 2.98. The van der Waals surface area contributed by atoms with Crippen LogP contribution in [0.3, 0.4) is 0 Å². The Labute approximate surface area is 112 Å². The molecule has 1 N–H and O–H groups in total. The van der Waals surface area contributed by atoms with Crippen molar-refractivity contribution in [3.63, 3.8) is 0 Å². The summed E-state index contributed by atoms with van der Waals surface area (Å²) >= 11 is 0. The molecule has 0 aliphatic heterocycles. The van der Waals surface area contributed by atoms with E-state index in [4.69, 9.17) is 4.74 Å². The van der Waals surface area contributed by atoms with Crippen molar-refractivity contribution in [1.82, 2.24) is 9.97 Å². The monoisotopic (exact) mass is 258 g/mol. The van der Waals surface area contributed by atoms with Crippen molar-refractivity contribution in [2.45, 2.75) is 27.2 Å². The maximum Gasteiger partial charge on any atom is 0.254 e. The van der Waals surface area contributed by atoms with E-state index in [1.165, 1.54) is 0 Å². The van der Waals surface area contributed by atoms with Gasteiger partial charge in [0.25, 0.3) is 5.56 Å². The molecule has 1 heterocycles. The van der Waals surface area contributed by atoms with Crippen LogP contribution in [0.4, 0.5) is 0 Å². The maximum atomic E-state index is 11.9. The minimum absolute atomic E-state index is 0.0897. The molecule has 2 aromatic rings. The van der Waals surface area contributed by atoms with Gasteiger partial charge in [-0.05, 0) is 26.0 Å². The third kappa shape index (κ3) is 2.67. The Morgan fingerprint density at radius 2 is 2.00 bits per heavy atom. The minimum Gasteiger partial charge on any atom is -0.493 e. The number of aromatic amines is 1. The van der Waals surface area contributed by atoms with E-state index in [1.807, 2.05) is 38.1 Å². The van der Waals surface area contributed by atoms with Crippen molar-refractivity contribution in [3.05, 3.63) is 46.0 Å². The van der Waals surface area contributed by atoms with E-state index in [0.717, 1.165) is 11.3 Å². The highest BCUT2D eigenvalue weighted by Crippen LogP contribution is 2.29. The third-order valence-corrected chi connectivity index (χ3v) is 2.98. The van der Waals surface area contributed by atoms with Crippen LogP contribution >= 0.6 is 0 Å². The van der Waals surface area contributed by atoms with E-state index in [2.05, 4.69) is 9.97 Å². The van der Waals surface area contributed by atoms with Crippen molar-refractivity contribution >= 4 is 0 Å². The molecular formula is C15H18N2O2. The number of nitrogens with zero attached hydrogens (tertiary/aromatic N) is 1.